The van der Waals surface area contributed by atoms with Crippen LogP contribution in [0.15, 0.2) is 29.3 Å². The van der Waals surface area contributed by atoms with Crippen molar-refractivity contribution in [1.82, 2.24) is 4.90 Å². The van der Waals surface area contributed by atoms with Gasteiger partial charge in [0.25, 0.3) is 0 Å². The van der Waals surface area contributed by atoms with Crippen molar-refractivity contribution in [3.05, 3.63) is 29.8 Å². The summed E-state index contributed by atoms with van der Waals surface area (Å²) in [5.41, 5.74) is 7.19. The van der Waals surface area contributed by atoms with Crippen molar-refractivity contribution in [1.29, 1.82) is 0 Å². The summed E-state index contributed by atoms with van der Waals surface area (Å²) in [4.78, 5) is 6.58. The lowest BCUT2D eigenvalue weighted by Crippen LogP contribution is -2.38. The monoisotopic (exact) mass is 261 g/mol. The highest BCUT2D eigenvalue weighted by molar-refractivity contribution is 5.80. The third kappa shape index (κ3) is 3.00. The molecule has 104 valence electrons. The minimum atomic E-state index is 0.199. The van der Waals surface area contributed by atoms with E-state index in [4.69, 9.17) is 10.5 Å². The van der Waals surface area contributed by atoms with E-state index in [9.17, 15) is 0 Å². The van der Waals surface area contributed by atoms with Crippen LogP contribution in [0.3, 0.4) is 0 Å². The third-order valence-corrected chi connectivity index (χ3v) is 3.24. The standard InChI is InChI=1S/C15H23N3O/c1-4-19-14-8-6-5-7-12(14)13-9-17-15(16)18(13)10-11(2)3/h5-8,11,13H,4,9-10H2,1-3H3,(H2,16,17). The minimum absolute atomic E-state index is 0.199. The van der Waals surface area contributed by atoms with Gasteiger partial charge in [-0.2, -0.15) is 0 Å². The van der Waals surface area contributed by atoms with Crippen molar-refractivity contribution in [2.75, 3.05) is 19.7 Å². The molecular weight excluding hydrogens is 238 g/mol. The van der Waals surface area contributed by atoms with E-state index in [2.05, 4.69) is 29.8 Å². The van der Waals surface area contributed by atoms with Crippen LogP contribution in [0.1, 0.15) is 32.4 Å². The molecule has 1 atom stereocenters. The number of hydrogen-bond donors (Lipinski definition) is 1. The second-order valence-electron chi connectivity index (χ2n) is 5.23. The van der Waals surface area contributed by atoms with Gasteiger partial charge in [-0.15, -0.1) is 0 Å². The molecule has 2 N–H and O–H groups in total. The molecule has 1 aliphatic heterocycles. The van der Waals surface area contributed by atoms with Gasteiger partial charge in [-0.1, -0.05) is 32.0 Å². The fourth-order valence-electron chi connectivity index (χ4n) is 2.45. The van der Waals surface area contributed by atoms with Gasteiger partial charge in [-0.3, -0.25) is 4.99 Å². The fraction of sp³-hybridized carbons (Fsp3) is 0.533. The van der Waals surface area contributed by atoms with Crippen LogP contribution in [-0.4, -0.2) is 30.6 Å². The van der Waals surface area contributed by atoms with Gasteiger partial charge in [0.1, 0.15) is 5.75 Å². The van der Waals surface area contributed by atoms with E-state index in [1.165, 1.54) is 5.56 Å². The van der Waals surface area contributed by atoms with Crippen molar-refractivity contribution in [3.63, 3.8) is 0 Å². The van der Waals surface area contributed by atoms with Crippen LogP contribution in [0.4, 0.5) is 0 Å². The van der Waals surface area contributed by atoms with E-state index in [0.29, 0.717) is 25.0 Å². The highest BCUT2D eigenvalue weighted by atomic mass is 16.5. The first-order valence-corrected chi connectivity index (χ1v) is 6.91. The summed E-state index contributed by atoms with van der Waals surface area (Å²) < 4.78 is 5.72. The molecule has 2 rings (SSSR count). The van der Waals surface area contributed by atoms with E-state index in [-0.39, 0.29) is 6.04 Å². The molecule has 0 saturated carbocycles. The molecule has 4 nitrogen and oxygen atoms in total. The molecule has 0 aromatic heterocycles. The van der Waals surface area contributed by atoms with Crippen molar-refractivity contribution in [2.24, 2.45) is 16.6 Å². The summed E-state index contributed by atoms with van der Waals surface area (Å²) in [5.74, 6) is 2.13. The van der Waals surface area contributed by atoms with Gasteiger partial charge in [-0.05, 0) is 18.9 Å². The number of guanidine groups is 1. The quantitative estimate of drug-likeness (QED) is 0.885. The fourth-order valence-corrected chi connectivity index (χ4v) is 2.45. The largest absolute Gasteiger partial charge is 0.494 e. The normalized spacial score (nSPS) is 18.8. The Bertz CT molecular complexity index is 456. The maximum Gasteiger partial charge on any atom is 0.191 e. The van der Waals surface area contributed by atoms with Crippen LogP contribution in [0.5, 0.6) is 5.75 Å². The molecule has 0 amide bonds. The zero-order valence-electron chi connectivity index (χ0n) is 12.0. The SMILES string of the molecule is CCOc1ccccc1C1CN=C(N)N1CC(C)C. The summed E-state index contributed by atoms with van der Waals surface area (Å²) in [5, 5.41) is 0. The van der Waals surface area contributed by atoms with Gasteiger partial charge < -0.3 is 15.4 Å². The average Bonchev–Trinajstić information content (AvgIpc) is 2.72. The lowest BCUT2D eigenvalue weighted by molar-refractivity contribution is 0.289. The zero-order chi connectivity index (χ0) is 13.8. The van der Waals surface area contributed by atoms with Gasteiger partial charge in [-0.25, -0.2) is 0 Å². The first-order chi connectivity index (χ1) is 9.13. The summed E-state index contributed by atoms with van der Waals surface area (Å²) in [6.07, 6.45) is 0. The maximum absolute atomic E-state index is 6.01. The number of para-hydroxylation sites is 1. The highest BCUT2D eigenvalue weighted by Crippen LogP contribution is 2.32. The molecule has 0 radical (unpaired) electrons. The zero-order valence-corrected chi connectivity index (χ0v) is 12.0. The van der Waals surface area contributed by atoms with E-state index >= 15 is 0 Å². The Morgan fingerprint density at radius 1 is 1.42 bits per heavy atom. The molecule has 19 heavy (non-hydrogen) atoms. The molecule has 0 bridgehead atoms. The summed E-state index contributed by atoms with van der Waals surface area (Å²) in [6, 6.07) is 8.36. The molecule has 1 heterocycles. The van der Waals surface area contributed by atoms with Crippen LogP contribution in [-0.2, 0) is 0 Å². The number of hydrogen-bond acceptors (Lipinski definition) is 4. The molecule has 0 fully saturated rings. The Hall–Kier alpha value is -1.71. The lowest BCUT2D eigenvalue weighted by Gasteiger charge is -2.29. The van der Waals surface area contributed by atoms with Crippen molar-refractivity contribution in [3.8, 4) is 5.75 Å². The van der Waals surface area contributed by atoms with E-state index in [1.54, 1.807) is 0 Å². The number of benzene rings is 1. The van der Waals surface area contributed by atoms with Crippen LogP contribution in [0.25, 0.3) is 0 Å². The van der Waals surface area contributed by atoms with Crippen LogP contribution in [0, 0.1) is 5.92 Å². The predicted molar refractivity (Wildman–Crippen MR) is 78.4 cm³/mol. The van der Waals surface area contributed by atoms with Crippen LogP contribution in [0.2, 0.25) is 0 Å². The molecule has 4 heteroatoms. The van der Waals surface area contributed by atoms with Gasteiger partial charge in [0.2, 0.25) is 0 Å². The summed E-state index contributed by atoms with van der Waals surface area (Å²) in [7, 11) is 0. The van der Waals surface area contributed by atoms with Crippen molar-refractivity contribution < 1.29 is 4.74 Å². The average molecular weight is 261 g/mol. The Labute approximate surface area is 115 Å². The second kappa shape index (κ2) is 5.95. The van der Waals surface area contributed by atoms with E-state index < -0.39 is 0 Å². The molecule has 1 aliphatic rings. The number of nitrogens with zero attached hydrogens (tertiary/aromatic N) is 2. The Balaban J connectivity index is 2.26. The Kier molecular flexibility index (Phi) is 4.30. The second-order valence-corrected chi connectivity index (χ2v) is 5.23. The third-order valence-electron chi connectivity index (χ3n) is 3.24. The Morgan fingerprint density at radius 2 is 2.16 bits per heavy atom. The van der Waals surface area contributed by atoms with Crippen molar-refractivity contribution >= 4 is 5.96 Å². The molecule has 1 aromatic rings. The number of rotatable bonds is 5. The van der Waals surface area contributed by atoms with Gasteiger partial charge in [0, 0.05) is 12.1 Å². The number of nitrogens with two attached hydrogens (primary N) is 1. The minimum Gasteiger partial charge on any atom is -0.494 e. The smallest absolute Gasteiger partial charge is 0.191 e. The summed E-state index contributed by atoms with van der Waals surface area (Å²) in [6.45, 7) is 8.68. The Morgan fingerprint density at radius 3 is 2.84 bits per heavy atom. The van der Waals surface area contributed by atoms with Gasteiger partial charge >= 0.3 is 0 Å². The lowest BCUT2D eigenvalue weighted by atomic mass is 10.0. The molecule has 0 spiro atoms. The number of ether oxygens (including phenoxy) is 1. The predicted octanol–water partition coefficient (Wildman–Crippen LogP) is 2.41. The summed E-state index contributed by atoms with van der Waals surface area (Å²) >= 11 is 0. The van der Waals surface area contributed by atoms with E-state index in [0.717, 1.165) is 12.3 Å². The molecule has 1 unspecified atom stereocenters. The molecule has 0 saturated heterocycles. The first-order valence-electron chi connectivity index (χ1n) is 6.91. The molecule has 0 aliphatic carbocycles. The van der Waals surface area contributed by atoms with E-state index in [1.807, 2.05) is 25.1 Å². The van der Waals surface area contributed by atoms with Gasteiger partial charge in [0.05, 0.1) is 19.2 Å². The van der Waals surface area contributed by atoms with Gasteiger partial charge in [0.15, 0.2) is 5.96 Å². The molecule has 1 aromatic carbocycles. The topological polar surface area (TPSA) is 50.9 Å². The maximum atomic E-state index is 6.01. The number of aliphatic imine (C=N–C) groups is 1. The molecular formula is C15H23N3O. The highest BCUT2D eigenvalue weighted by Gasteiger charge is 2.29. The first kappa shape index (κ1) is 13.7. The van der Waals surface area contributed by atoms with Crippen molar-refractivity contribution in [2.45, 2.75) is 26.8 Å². The van der Waals surface area contributed by atoms with Crippen LogP contribution >= 0.6 is 0 Å². The van der Waals surface area contributed by atoms with Crippen LogP contribution < -0.4 is 10.5 Å².